The Morgan fingerprint density at radius 1 is 1.42 bits per heavy atom. The summed E-state index contributed by atoms with van der Waals surface area (Å²) in [7, 11) is 0. The maximum Gasteiger partial charge on any atom is 0.233 e. The van der Waals surface area contributed by atoms with Crippen molar-refractivity contribution in [3.63, 3.8) is 0 Å². The van der Waals surface area contributed by atoms with Crippen LogP contribution in [-0.4, -0.2) is 58.6 Å². The van der Waals surface area contributed by atoms with E-state index < -0.39 is 0 Å². The van der Waals surface area contributed by atoms with Crippen LogP contribution < -0.4 is 5.32 Å². The first-order chi connectivity index (χ1) is 11.6. The monoisotopic (exact) mass is 370 g/mol. The summed E-state index contributed by atoms with van der Waals surface area (Å²) in [6.07, 6.45) is 4.84. The molecule has 6 nitrogen and oxygen atoms in total. The molecular formula is C16H26N4O2S2. The van der Waals surface area contributed by atoms with E-state index in [1.807, 2.05) is 0 Å². The Kier molecular flexibility index (Phi) is 6.35. The van der Waals surface area contributed by atoms with Crippen LogP contribution in [0.5, 0.6) is 0 Å². The van der Waals surface area contributed by atoms with Gasteiger partial charge in [-0.3, -0.25) is 4.79 Å². The van der Waals surface area contributed by atoms with Crippen molar-refractivity contribution in [1.82, 2.24) is 15.1 Å². The number of hydrogen-bond acceptors (Lipinski definition) is 7. The smallest absolute Gasteiger partial charge is 0.233 e. The van der Waals surface area contributed by atoms with Gasteiger partial charge in [-0.1, -0.05) is 36.9 Å². The highest BCUT2D eigenvalue weighted by Gasteiger charge is 2.32. The predicted molar refractivity (Wildman–Crippen MR) is 97.7 cm³/mol. The van der Waals surface area contributed by atoms with Crippen LogP contribution in [0.15, 0.2) is 4.34 Å². The van der Waals surface area contributed by atoms with E-state index in [1.165, 1.54) is 23.1 Å². The van der Waals surface area contributed by atoms with Crippen molar-refractivity contribution in [2.45, 2.75) is 56.0 Å². The number of carbonyl (C=O) groups excluding carboxylic acids is 1. The molecule has 2 aliphatic rings. The first kappa shape index (κ1) is 17.9. The molecule has 3 rings (SSSR count). The topological polar surface area (TPSA) is 67.4 Å². The largest absolute Gasteiger partial charge is 0.376 e. The van der Waals surface area contributed by atoms with Crippen molar-refractivity contribution in [2.24, 2.45) is 5.92 Å². The molecule has 0 aromatic carbocycles. The number of amides is 1. The number of thioether (sulfide) groups is 1. The van der Waals surface area contributed by atoms with E-state index in [-0.39, 0.29) is 12.0 Å². The van der Waals surface area contributed by atoms with Crippen molar-refractivity contribution in [3.05, 3.63) is 0 Å². The van der Waals surface area contributed by atoms with Gasteiger partial charge < -0.3 is 15.0 Å². The third kappa shape index (κ3) is 5.32. The molecule has 1 aliphatic heterocycles. The summed E-state index contributed by atoms with van der Waals surface area (Å²) in [5.74, 6) is 1.18. The van der Waals surface area contributed by atoms with Crippen LogP contribution in [-0.2, 0) is 9.53 Å². The molecule has 1 amide bonds. The number of nitrogens with one attached hydrogen (secondary N) is 1. The minimum absolute atomic E-state index is 0.222. The summed E-state index contributed by atoms with van der Waals surface area (Å²) in [6, 6.07) is 0.471. The van der Waals surface area contributed by atoms with E-state index in [9.17, 15) is 4.79 Å². The van der Waals surface area contributed by atoms with Gasteiger partial charge in [0.25, 0.3) is 0 Å². The van der Waals surface area contributed by atoms with Gasteiger partial charge in [-0.05, 0) is 31.6 Å². The predicted octanol–water partition coefficient (Wildman–Crippen LogP) is 2.87. The molecule has 1 aromatic rings. The molecule has 1 atom stereocenters. The fourth-order valence-corrected chi connectivity index (χ4v) is 4.43. The lowest BCUT2D eigenvalue weighted by atomic mass is 10.2. The second kappa shape index (κ2) is 8.49. The van der Waals surface area contributed by atoms with Gasteiger partial charge in [-0.25, -0.2) is 0 Å². The summed E-state index contributed by atoms with van der Waals surface area (Å²) < 4.78 is 6.43. The first-order valence-corrected chi connectivity index (χ1v) is 10.5. The third-order valence-electron chi connectivity index (χ3n) is 4.10. The summed E-state index contributed by atoms with van der Waals surface area (Å²) in [5, 5.41) is 12.4. The van der Waals surface area contributed by atoms with Gasteiger partial charge in [0.05, 0.1) is 11.9 Å². The van der Waals surface area contributed by atoms with Crippen LogP contribution >= 0.6 is 23.1 Å². The summed E-state index contributed by atoms with van der Waals surface area (Å²) in [6.45, 7) is 6.81. The zero-order chi connectivity index (χ0) is 16.9. The van der Waals surface area contributed by atoms with E-state index in [1.54, 1.807) is 0 Å². The number of nitrogens with zero attached hydrogens (tertiary/aromatic N) is 3. The van der Waals surface area contributed by atoms with Crippen molar-refractivity contribution < 1.29 is 9.53 Å². The molecule has 0 spiro atoms. The average Bonchev–Trinajstić information content (AvgIpc) is 3.07. The zero-order valence-electron chi connectivity index (χ0n) is 14.4. The summed E-state index contributed by atoms with van der Waals surface area (Å²) in [5.41, 5.74) is 0. The standard InChI is InChI=1S/C16H26N4O2S2/c1-11(2)9-20(12-5-6-12)14(21)10-23-16-19-18-15(24-16)17-8-13-4-3-7-22-13/h11-13H,3-10H2,1-2H3,(H,17,18). The molecule has 24 heavy (non-hydrogen) atoms. The highest BCUT2D eigenvalue weighted by Crippen LogP contribution is 2.30. The molecule has 1 aromatic heterocycles. The highest BCUT2D eigenvalue weighted by atomic mass is 32.2. The Bertz CT molecular complexity index is 542. The van der Waals surface area contributed by atoms with Crippen LogP contribution in [0.25, 0.3) is 0 Å². The van der Waals surface area contributed by atoms with E-state index in [2.05, 4.69) is 34.3 Å². The van der Waals surface area contributed by atoms with Gasteiger partial charge >= 0.3 is 0 Å². The van der Waals surface area contributed by atoms with Crippen LogP contribution in [0, 0.1) is 5.92 Å². The van der Waals surface area contributed by atoms with E-state index >= 15 is 0 Å². The molecule has 2 fully saturated rings. The zero-order valence-corrected chi connectivity index (χ0v) is 16.0. The van der Waals surface area contributed by atoms with Crippen molar-refractivity contribution in [3.8, 4) is 0 Å². The maximum absolute atomic E-state index is 12.5. The van der Waals surface area contributed by atoms with Crippen molar-refractivity contribution in [1.29, 1.82) is 0 Å². The Hall–Kier alpha value is -0.860. The fraction of sp³-hybridized carbons (Fsp3) is 0.812. The van der Waals surface area contributed by atoms with E-state index in [0.717, 1.165) is 54.9 Å². The van der Waals surface area contributed by atoms with Gasteiger partial charge in [-0.15, -0.1) is 10.2 Å². The second-order valence-electron chi connectivity index (χ2n) is 6.85. The van der Waals surface area contributed by atoms with Gasteiger partial charge in [0.15, 0.2) is 4.34 Å². The number of ether oxygens (including phenoxy) is 1. The molecule has 1 unspecified atom stereocenters. The molecule has 1 saturated heterocycles. The average molecular weight is 371 g/mol. The van der Waals surface area contributed by atoms with Gasteiger partial charge in [0.2, 0.25) is 11.0 Å². The number of anilines is 1. The lowest BCUT2D eigenvalue weighted by molar-refractivity contribution is -0.129. The van der Waals surface area contributed by atoms with Crippen LogP contribution in [0.1, 0.15) is 39.5 Å². The Balaban J connectivity index is 1.43. The Morgan fingerprint density at radius 3 is 2.92 bits per heavy atom. The minimum Gasteiger partial charge on any atom is -0.376 e. The fourth-order valence-electron chi connectivity index (χ4n) is 2.79. The molecule has 2 heterocycles. The summed E-state index contributed by atoms with van der Waals surface area (Å²) >= 11 is 3.00. The van der Waals surface area contributed by atoms with E-state index in [4.69, 9.17) is 4.74 Å². The molecule has 1 N–H and O–H groups in total. The molecule has 1 aliphatic carbocycles. The van der Waals surface area contributed by atoms with Gasteiger partial charge in [0, 0.05) is 25.7 Å². The Labute approximate surface area is 151 Å². The van der Waals surface area contributed by atoms with Crippen molar-refractivity contribution >= 4 is 34.1 Å². The Morgan fingerprint density at radius 2 is 2.25 bits per heavy atom. The first-order valence-electron chi connectivity index (χ1n) is 8.73. The molecule has 134 valence electrons. The lowest BCUT2D eigenvalue weighted by Gasteiger charge is -2.24. The summed E-state index contributed by atoms with van der Waals surface area (Å²) in [4.78, 5) is 14.5. The molecule has 1 saturated carbocycles. The third-order valence-corrected chi connectivity index (χ3v) is 6.10. The molecule has 0 radical (unpaired) electrons. The molecule has 8 heteroatoms. The molecule has 0 bridgehead atoms. The normalized spacial score (nSPS) is 20.5. The van der Waals surface area contributed by atoms with Crippen LogP contribution in [0.2, 0.25) is 0 Å². The second-order valence-corrected chi connectivity index (χ2v) is 9.05. The number of hydrogen-bond donors (Lipinski definition) is 1. The SMILES string of the molecule is CC(C)CN(C(=O)CSc1nnc(NCC2CCCO2)s1)C1CC1. The van der Waals surface area contributed by atoms with Crippen molar-refractivity contribution in [2.75, 3.05) is 30.8 Å². The molecular weight excluding hydrogens is 344 g/mol. The quantitative estimate of drug-likeness (QED) is 0.674. The van der Waals surface area contributed by atoms with Gasteiger partial charge in [0.1, 0.15) is 0 Å². The highest BCUT2D eigenvalue weighted by molar-refractivity contribution is 8.01. The van der Waals surface area contributed by atoms with E-state index in [0.29, 0.717) is 17.7 Å². The minimum atomic E-state index is 0.222. The van der Waals surface area contributed by atoms with Crippen LogP contribution in [0.4, 0.5) is 5.13 Å². The van der Waals surface area contributed by atoms with Gasteiger partial charge in [-0.2, -0.15) is 0 Å². The number of rotatable bonds is 9. The number of carbonyl (C=O) groups is 1. The lowest BCUT2D eigenvalue weighted by Crippen LogP contribution is -2.37. The number of aromatic nitrogens is 2. The van der Waals surface area contributed by atoms with Crippen LogP contribution in [0.3, 0.4) is 0 Å². The maximum atomic E-state index is 12.5.